The van der Waals surface area contributed by atoms with E-state index in [0.29, 0.717) is 38.9 Å². The first-order chi connectivity index (χ1) is 19.4. The molecule has 0 N–H and O–H groups in total. The van der Waals surface area contributed by atoms with Gasteiger partial charge in [-0.15, -0.1) is 0 Å². The van der Waals surface area contributed by atoms with Crippen LogP contribution in [0.3, 0.4) is 0 Å². The minimum Gasteiger partial charge on any atom is -0.454 e. The van der Waals surface area contributed by atoms with Gasteiger partial charge >= 0.3 is 0 Å². The summed E-state index contributed by atoms with van der Waals surface area (Å²) < 4.78 is 10.8. The number of rotatable bonds is 5. The molecule has 2 amide bonds. The molecule has 2 fully saturated rings. The molecule has 0 saturated carbocycles. The number of carbonyl (C=O) groups excluding carboxylic acids is 4. The lowest BCUT2D eigenvalue weighted by Gasteiger charge is -2.32. The van der Waals surface area contributed by atoms with Crippen molar-refractivity contribution in [3.8, 4) is 11.5 Å². The van der Waals surface area contributed by atoms with Crippen LogP contribution in [-0.2, 0) is 9.59 Å². The summed E-state index contributed by atoms with van der Waals surface area (Å²) in [7, 11) is 0. The fourth-order valence-corrected chi connectivity index (χ4v) is 6.14. The van der Waals surface area contributed by atoms with Crippen LogP contribution in [0.2, 0.25) is 5.02 Å². The molecular weight excluding hydrogens is 532 g/mol. The zero-order valence-corrected chi connectivity index (χ0v) is 21.7. The van der Waals surface area contributed by atoms with E-state index in [-0.39, 0.29) is 18.4 Å². The summed E-state index contributed by atoms with van der Waals surface area (Å²) in [6, 6.07) is 18.5. The van der Waals surface area contributed by atoms with Gasteiger partial charge in [-0.3, -0.25) is 19.2 Å². The van der Waals surface area contributed by atoms with Crippen molar-refractivity contribution in [3.63, 3.8) is 0 Å². The van der Waals surface area contributed by atoms with Crippen LogP contribution in [0.5, 0.6) is 11.5 Å². The molecule has 0 unspecified atom stereocenters. The standard InChI is InChI=1S/C31H21ClN2O6/c32-20-8-6-18(7-9-20)29(36)27-26-25(22-14-19(12-13-33(22)27)28(35)17-4-2-1-3-5-17)30(37)34(31(26)38)21-10-11-23-24(15-21)40-16-39-23/h1-15,22,25-27H,16H2/t22-,25+,26+,27+/m1/s1. The zero-order valence-electron chi connectivity index (χ0n) is 20.9. The molecule has 4 atom stereocenters. The van der Waals surface area contributed by atoms with E-state index in [4.69, 9.17) is 21.1 Å². The summed E-state index contributed by atoms with van der Waals surface area (Å²) in [4.78, 5) is 58.1. The molecule has 8 nitrogen and oxygen atoms in total. The Hall–Kier alpha value is -4.69. The number of nitrogens with zero attached hydrogens (tertiary/aromatic N) is 2. The quantitative estimate of drug-likeness (QED) is 0.341. The number of imide groups is 1. The zero-order chi connectivity index (χ0) is 27.5. The van der Waals surface area contributed by atoms with E-state index in [1.54, 1.807) is 90.0 Å². The van der Waals surface area contributed by atoms with Crippen molar-refractivity contribution in [3.05, 3.63) is 113 Å². The molecule has 0 radical (unpaired) electrons. The number of amides is 2. The Bertz CT molecular complexity index is 1650. The summed E-state index contributed by atoms with van der Waals surface area (Å²) >= 11 is 6.04. The van der Waals surface area contributed by atoms with Crippen LogP contribution in [-0.4, -0.2) is 47.2 Å². The Morgan fingerprint density at radius 3 is 2.33 bits per heavy atom. The summed E-state index contributed by atoms with van der Waals surface area (Å²) in [6.07, 6.45) is 5.00. The average molecular weight is 553 g/mol. The van der Waals surface area contributed by atoms with E-state index in [9.17, 15) is 19.2 Å². The average Bonchev–Trinajstić information content (AvgIpc) is 3.65. The van der Waals surface area contributed by atoms with Crippen molar-refractivity contribution in [1.29, 1.82) is 0 Å². The number of carbonyl (C=O) groups is 4. The van der Waals surface area contributed by atoms with Crippen LogP contribution >= 0.6 is 11.6 Å². The highest BCUT2D eigenvalue weighted by atomic mass is 35.5. The van der Waals surface area contributed by atoms with Gasteiger partial charge in [0.1, 0.15) is 6.04 Å². The Morgan fingerprint density at radius 2 is 1.55 bits per heavy atom. The summed E-state index contributed by atoms with van der Waals surface area (Å²) in [5.74, 6) is -2.30. The largest absolute Gasteiger partial charge is 0.454 e. The molecule has 4 aliphatic heterocycles. The van der Waals surface area contributed by atoms with Crippen LogP contribution < -0.4 is 14.4 Å². The van der Waals surface area contributed by atoms with Crippen molar-refractivity contribution in [2.45, 2.75) is 12.1 Å². The lowest BCUT2D eigenvalue weighted by Crippen LogP contribution is -2.46. The summed E-state index contributed by atoms with van der Waals surface area (Å²) in [6.45, 7) is 0.0516. The summed E-state index contributed by atoms with van der Waals surface area (Å²) in [5, 5.41) is 0.477. The van der Waals surface area contributed by atoms with E-state index in [2.05, 4.69) is 0 Å². The molecule has 4 aliphatic rings. The van der Waals surface area contributed by atoms with Crippen LogP contribution in [0.25, 0.3) is 0 Å². The number of ether oxygens (including phenoxy) is 2. The van der Waals surface area contributed by atoms with Gasteiger partial charge in [-0.1, -0.05) is 48.0 Å². The Balaban J connectivity index is 1.30. The maximum atomic E-state index is 14.0. The van der Waals surface area contributed by atoms with Gasteiger partial charge in [0, 0.05) is 34.0 Å². The van der Waals surface area contributed by atoms with Gasteiger partial charge < -0.3 is 14.4 Å². The van der Waals surface area contributed by atoms with Gasteiger partial charge in [0.2, 0.25) is 18.6 Å². The Morgan fingerprint density at radius 1 is 0.825 bits per heavy atom. The van der Waals surface area contributed by atoms with Crippen LogP contribution in [0.4, 0.5) is 5.69 Å². The number of allylic oxidation sites excluding steroid dienone is 2. The fraction of sp³-hybridized carbons (Fsp3) is 0.161. The van der Waals surface area contributed by atoms with E-state index >= 15 is 0 Å². The number of halogens is 1. The topological polar surface area (TPSA) is 93.2 Å². The Kier molecular flexibility index (Phi) is 5.61. The van der Waals surface area contributed by atoms with Crippen molar-refractivity contribution in [2.24, 2.45) is 11.8 Å². The second-order valence-corrected chi connectivity index (χ2v) is 10.4. The predicted molar refractivity (Wildman–Crippen MR) is 145 cm³/mol. The Labute approximate surface area is 234 Å². The van der Waals surface area contributed by atoms with Crippen LogP contribution in [0.15, 0.2) is 96.7 Å². The second-order valence-electron chi connectivity index (χ2n) is 9.99. The molecule has 9 heteroatoms. The van der Waals surface area contributed by atoms with Crippen molar-refractivity contribution >= 4 is 40.7 Å². The molecule has 198 valence electrons. The van der Waals surface area contributed by atoms with Gasteiger partial charge in [0.25, 0.3) is 0 Å². The molecule has 40 heavy (non-hydrogen) atoms. The summed E-state index contributed by atoms with van der Waals surface area (Å²) in [5.41, 5.74) is 1.62. The smallest absolute Gasteiger partial charge is 0.240 e. The highest BCUT2D eigenvalue weighted by Crippen LogP contribution is 2.48. The molecule has 3 aromatic carbocycles. The van der Waals surface area contributed by atoms with Gasteiger partial charge in [-0.2, -0.15) is 0 Å². The number of benzene rings is 3. The lowest BCUT2D eigenvalue weighted by atomic mass is 9.85. The third-order valence-electron chi connectivity index (χ3n) is 7.86. The lowest BCUT2D eigenvalue weighted by molar-refractivity contribution is -0.123. The minimum absolute atomic E-state index is 0.0516. The predicted octanol–water partition coefficient (Wildman–Crippen LogP) is 4.45. The number of hydrogen-bond acceptors (Lipinski definition) is 7. The normalized spacial score (nSPS) is 24.2. The fourth-order valence-electron chi connectivity index (χ4n) is 6.02. The second kappa shape index (κ2) is 9.20. The van der Waals surface area contributed by atoms with E-state index in [0.717, 1.165) is 4.90 Å². The maximum absolute atomic E-state index is 14.0. The molecule has 7 rings (SSSR count). The van der Waals surface area contributed by atoms with Gasteiger partial charge in [0.15, 0.2) is 23.1 Å². The molecule has 0 aliphatic carbocycles. The van der Waals surface area contributed by atoms with Crippen molar-refractivity contribution in [1.82, 2.24) is 4.90 Å². The molecule has 2 saturated heterocycles. The third kappa shape index (κ3) is 3.67. The van der Waals surface area contributed by atoms with Crippen molar-refractivity contribution in [2.75, 3.05) is 11.7 Å². The van der Waals surface area contributed by atoms with E-state index < -0.39 is 35.7 Å². The van der Waals surface area contributed by atoms with Gasteiger partial charge in [0.05, 0.1) is 23.6 Å². The number of fused-ring (bicyclic) bond motifs is 4. The molecule has 0 spiro atoms. The number of anilines is 1. The van der Waals surface area contributed by atoms with E-state index in [1.165, 1.54) is 0 Å². The first kappa shape index (κ1) is 24.4. The van der Waals surface area contributed by atoms with Crippen molar-refractivity contribution < 1.29 is 28.7 Å². The molecule has 4 heterocycles. The van der Waals surface area contributed by atoms with E-state index in [1.807, 2.05) is 6.07 Å². The van der Waals surface area contributed by atoms with Gasteiger partial charge in [-0.05, 0) is 42.5 Å². The molecule has 0 bridgehead atoms. The number of Topliss-reactive ketones (excluding diaryl/α,β-unsaturated/α-hetero) is 2. The van der Waals surface area contributed by atoms with Gasteiger partial charge in [-0.25, -0.2) is 4.90 Å². The highest BCUT2D eigenvalue weighted by Gasteiger charge is 2.63. The SMILES string of the molecule is O=C(C1=C[C@@H]2[C@@H]3C(=O)N(c4ccc5c(c4)OCO5)C(=O)[C@@H]3[C@@H](C(=O)c3ccc(Cl)cc3)N2C=C1)c1ccccc1. The third-order valence-corrected chi connectivity index (χ3v) is 8.11. The first-order valence-electron chi connectivity index (χ1n) is 12.8. The number of hydrogen-bond donors (Lipinski definition) is 0. The monoisotopic (exact) mass is 552 g/mol. The van der Waals surface area contributed by atoms with Crippen LogP contribution in [0, 0.1) is 11.8 Å². The molecular formula is C31H21ClN2O6. The number of ketones is 2. The minimum atomic E-state index is -0.960. The maximum Gasteiger partial charge on any atom is 0.240 e. The first-order valence-corrected chi connectivity index (χ1v) is 13.1. The van der Waals surface area contributed by atoms with Crippen LogP contribution in [0.1, 0.15) is 20.7 Å². The molecule has 0 aromatic heterocycles. The highest BCUT2D eigenvalue weighted by molar-refractivity contribution is 6.30. The molecule has 3 aromatic rings.